The minimum atomic E-state index is -0.0675. The molecule has 1 amide bonds. The Morgan fingerprint density at radius 3 is 2.35 bits per heavy atom. The summed E-state index contributed by atoms with van der Waals surface area (Å²) in [5.74, 6) is -0.0738. The maximum atomic E-state index is 12.7. The number of rotatable bonds is 4. The van der Waals surface area contributed by atoms with Crippen LogP contribution in [0.5, 0.6) is 0 Å². The highest BCUT2D eigenvalue weighted by Crippen LogP contribution is 2.36. The van der Waals surface area contributed by atoms with Crippen LogP contribution in [0.25, 0.3) is 11.1 Å². The van der Waals surface area contributed by atoms with Gasteiger partial charge < -0.3 is 4.90 Å². The predicted octanol–water partition coefficient (Wildman–Crippen LogP) is 3.94. The lowest BCUT2D eigenvalue weighted by molar-refractivity contribution is 0.0778. The van der Waals surface area contributed by atoms with Crippen molar-refractivity contribution in [1.82, 2.24) is 4.90 Å². The summed E-state index contributed by atoms with van der Waals surface area (Å²) in [6, 6.07) is 13.0. The van der Waals surface area contributed by atoms with Gasteiger partial charge in [-0.05, 0) is 37.1 Å². The number of ketones is 1. The number of nitrogens with zero attached hydrogens (tertiary/aromatic N) is 1. The Labute approximate surface area is 136 Å². The molecule has 3 rings (SSSR count). The minimum absolute atomic E-state index is 0.00630. The fourth-order valence-electron chi connectivity index (χ4n) is 3.00. The largest absolute Gasteiger partial charge is 0.335 e. The summed E-state index contributed by atoms with van der Waals surface area (Å²) < 4.78 is 0. The van der Waals surface area contributed by atoms with Gasteiger partial charge in [-0.25, -0.2) is 0 Å². The van der Waals surface area contributed by atoms with Crippen molar-refractivity contribution in [2.45, 2.75) is 13.8 Å². The molecule has 2 aromatic rings. The predicted molar refractivity (Wildman–Crippen MR) is 91.7 cm³/mol. The monoisotopic (exact) mass is 305 g/mol. The molecule has 0 heterocycles. The maximum absolute atomic E-state index is 12.7. The van der Waals surface area contributed by atoms with E-state index in [9.17, 15) is 9.59 Å². The molecule has 0 N–H and O–H groups in total. The van der Waals surface area contributed by atoms with Gasteiger partial charge in [0.25, 0.3) is 5.91 Å². The van der Waals surface area contributed by atoms with Crippen LogP contribution in [-0.2, 0) is 0 Å². The van der Waals surface area contributed by atoms with Gasteiger partial charge in [-0.15, -0.1) is 0 Å². The summed E-state index contributed by atoms with van der Waals surface area (Å²) in [6.45, 7) is 8.85. The summed E-state index contributed by atoms with van der Waals surface area (Å²) in [5, 5.41) is 0. The quantitative estimate of drug-likeness (QED) is 0.685. The number of hydrogen-bond acceptors (Lipinski definition) is 2. The van der Waals surface area contributed by atoms with Crippen molar-refractivity contribution in [3.63, 3.8) is 0 Å². The maximum Gasteiger partial charge on any atom is 0.254 e. The summed E-state index contributed by atoms with van der Waals surface area (Å²) in [5.41, 5.74) is 4.66. The van der Waals surface area contributed by atoms with Gasteiger partial charge in [0.05, 0.1) is 0 Å². The second-order valence-electron chi connectivity index (χ2n) is 5.91. The van der Waals surface area contributed by atoms with Crippen LogP contribution in [-0.4, -0.2) is 29.7 Å². The molecule has 0 saturated heterocycles. The molecule has 0 aliphatic heterocycles. The first-order valence-electron chi connectivity index (χ1n) is 7.74. The van der Waals surface area contributed by atoms with E-state index in [0.29, 0.717) is 29.8 Å². The van der Waals surface area contributed by atoms with Crippen molar-refractivity contribution in [3.05, 3.63) is 71.3 Å². The highest BCUT2D eigenvalue weighted by molar-refractivity contribution is 6.22. The van der Waals surface area contributed by atoms with Crippen LogP contribution in [0.15, 0.2) is 54.6 Å². The fourth-order valence-corrected chi connectivity index (χ4v) is 3.00. The van der Waals surface area contributed by atoms with Crippen molar-refractivity contribution in [2.75, 3.05) is 13.1 Å². The van der Waals surface area contributed by atoms with Crippen LogP contribution in [0.1, 0.15) is 40.1 Å². The molecular weight excluding hydrogens is 286 g/mol. The number of carbonyl (C=O) groups is 2. The summed E-state index contributed by atoms with van der Waals surface area (Å²) in [4.78, 5) is 26.9. The zero-order chi connectivity index (χ0) is 16.6. The lowest BCUT2D eigenvalue weighted by atomic mass is 10.0. The van der Waals surface area contributed by atoms with E-state index < -0.39 is 0 Å². The zero-order valence-electron chi connectivity index (χ0n) is 13.4. The molecule has 116 valence electrons. The van der Waals surface area contributed by atoms with Crippen LogP contribution in [0.2, 0.25) is 0 Å². The Hall–Kier alpha value is -2.68. The van der Waals surface area contributed by atoms with Gasteiger partial charge in [0, 0.05) is 29.8 Å². The third-order valence-corrected chi connectivity index (χ3v) is 4.10. The lowest BCUT2D eigenvalue weighted by Gasteiger charge is -2.21. The van der Waals surface area contributed by atoms with Crippen LogP contribution in [0, 0.1) is 0 Å². The molecule has 2 aromatic carbocycles. The van der Waals surface area contributed by atoms with Gasteiger partial charge in [0.2, 0.25) is 0 Å². The molecule has 1 aliphatic rings. The zero-order valence-corrected chi connectivity index (χ0v) is 13.4. The SMILES string of the molecule is C=C(C)CN(CC)C(=O)c1ccc2c(c1)C(=O)c1ccccc1-2. The van der Waals surface area contributed by atoms with E-state index in [1.807, 2.05) is 44.2 Å². The topological polar surface area (TPSA) is 37.4 Å². The third-order valence-electron chi connectivity index (χ3n) is 4.10. The number of fused-ring (bicyclic) bond motifs is 3. The average molecular weight is 305 g/mol. The van der Waals surface area contributed by atoms with E-state index in [4.69, 9.17) is 0 Å². The van der Waals surface area contributed by atoms with Crippen molar-refractivity contribution in [1.29, 1.82) is 0 Å². The van der Waals surface area contributed by atoms with E-state index in [1.54, 1.807) is 17.0 Å². The molecule has 0 atom stereocenters. The van der Waals surface area contributed by atoms with Crippen molar-refractivity contribution < 1.29 is 9.59 Å². The molecule has 0 radical (unpaired) electrons. The number of amides is 1. The smallest absolute Gasteiger partial charge is 0.254 e. The van der Waals surface area contributed by atoms with Gasteiger partial charge >= 0.3 is 0 Å². The van der Waals surface area contributed by atoms with Crippen molar-refractivity contribution in [3.8, 4) is 11.1 Å². The first-order valence-corrected chi connectivity index (χ1v) is 7.74. The molecular formula is C20H19NO2. The van der Waals surface area contributed by atoms with E-state index in [2.05, 4.69) is 6.58 Å². The van der Waals surface area contributed by atoms with Crippen molar-refractivity contribution >= 4 is 11.7 Å². The van der Waals surface area contributed by atoms with E-state index >= 15 is 0 Å². The Morgan fingerprint density at radius 2 is 1.70 bits per heavy atom. The second kappa shape index (κ2) is 5.84. The van der Waals surface area contributed by atoms with Gasteiger partial charge in [-0.2, -0.15) is 0 Å². The highest BCUT2D eigenvalue weighted by atomic mass is 16.2. The summed E-state index contributed by atoms with van der Waals surface area (Å²) in [6.07, 6.45) is 0. The molecule has 0 fully saturated rings. The highest BCUT2D eigenvalue weighted by Gasteiger charge is 2.27. The Kier molecular flexibility index (Phi) is 3.87. The molecule has 0 aromatic heterocycles. The van der Waals surface area contributed by atoms with E-state index in [-0.39, 0.29) is 11.7 Å². The van der Waals surface area contributed by atoms with Crippen LogP contribution >= 0.6 is 0 Å². The third kappa shape index (κ3) is 2.59. The molecule has 23 heavy (non-hydrogen) atoms. The fraction of sp³-hybridized carbons (Fsp3) is 0.200. The molecule has 0 spiro atoms. The van der Waals surface area contributed by atoms with E-state index in [1.165, 1.54) is 0 Å². The number of carbonyl (C=O) groups excluding carboxylic acids is 2. The minimum Gasteiger partial charge on any atom is -0.335 e. The number of benzene rings is 2. The van der Waals surface area contributed by atoms with Gasteiger partial charge in [0.1, 0.15) is 0 Å². The number of likely N-dealkylation sites (N-methyl/N-ethyl adjacent to an activating group) is 1. The van der Waals surface area contributed by atoms with Crippen LogP contribution < -0.4 is 0 Å². The Balaban J connectivity index is 1.98. The first kappa shape index (κ1) is 15.2. The van der Waals surface area contributed by atoms with Crippen molar-refractivity contribution in [2.24, 2.45) is 0 Å². The van der Waals surface area contributed by atoms with Gasteiger partial charge in [0.15, 0.2) is 5.78 Å². The lowest BCUT2D eigenvalue weighted by Crippen LogP contribution is -2.32. The molecule has 0 saturated carbocycles. The number of hydrogen-bond donors (Lipinski definition) is 0. The second-order valence-corrected chi connectivity index (χ2v) is 5.91. The Morgan fingerprint density at radius 1 is 1.04 bits per heavy atom. The molecule has 1 aliphatic carbocycles. The van der Waals surface area contributed by atoms with E-state index in [0.717, 1.165) is 16.7 Å². The van der Waals surface area contributed by atoms with Crippen LogP contribution in [0.3, 0.4) is 0 Å². The standard InChI is InChI=1S/C20H19NO2/c1-4-21(12-13(2)3)20(23)14-9-10-16-15-7-5-6-8-17(15)19(22)18(16)11-14/h5-11H,2,4,12H2,1,3H3. The molecule has 0 bridgehead atoms. The average Bonchev–Trinajstić information content (AvgIpc) is 2.85. The first-order chi connectivity index (χ1) is 11.0. The molecule has 3 heteroatoms. The normalized spacial score (nSPS) is 11.8. The Bertz CT molecular complexity index is 820. The molecule has 3 nitrogen and oxygen atoms in total. The summed E-state index contributed by atoms with van der Waals surface area (Å²) in [7, 11) is 0. The van der Waals surface area contributed by atoms with Crippen LogP contribution in [0.4, 0.5) is 0 Å². The van der Waals surface area contributed by atoms with Gasteiger partial charge in [-0.1, -0.05) is 42.5 Å². The van der Waals surface area contributed by atoms with Gasteiger partial charge in [-0.3, -0.25) is 9.59 Å². The molecule has 0 unspecified atom stereocenters. The summed E-state index contributed by atoms with van der Waals surface area (Å²) >= 11 is 0.